The van der Waals surface area contributed by atoms with Crippen molar-refractivity contribution in [1.29, 1.82) is 0 Å². The Bertz CT molecular complexity index is 416. The summed E-state index contributed by atoms with van der Waals surface area (Å²) in [5.41, 5.74) is -0.0312. The number of urea groups is 1. The highest BCUT2D eigenvalue weighted by molar-refractivity contribution is 5.76. The molecule has 126 valence electrons. The van der Waals surface area contributed by atoms with Gasteiger partial charge < -0.3 is 15.3 Å². The fourth-order valence-electron chi connectivity index (χ4n) is 4.20. The van der Waals surface area contributed by atoms with Crippen molar-refractivity contribution < 1.29 is 14.7 Å². The zero-order chi connectivity index (χ0) is 16.3. The maximum atomic E-state index is 12.6. The molecule has 1 atom stereocenters. The van der Waals surface area contributed by atoms with Crippen molar-refractivity contribution in [3.63, 3.8) is 0 Å². The summed E-state index contributed by atoms with van der Waals surface area (Å²) < 4.78 is 0. The van der Waals surface area contributed by atoms with Gasteiger partial charge in [-0.15, -0.1) is 0 Å². The van der Waals surface area contributed by atoms with Gasteiger partial charge in [0.1, 0.15) is 0 Å². The molecule has 0 radical (unpaired) electrons. The second kappa shape index (κ2) is 6.88. The number of carboxylic acids is 1. The van der Waals surface area contributed by atoms with Crippen LogP contribution in [0.15, 0.2) is 0 Å². The van der Waals surface area contributed by atoms with Crippen molar-refractivity contribution in [2.24, 2.45) is 11.8 Å². The van der Waals surface area contributed by atoms with Crippen LogP contribution in [0.1, 0.15) is 65.7 Å². The molecule has 5 nitrogen and oxygen atoms in total. The molecule has 1 aliphatic carbocycles. The molecule has 0 aromatic carbocycles. The van der Waals surface area contributed by atoms with Crippen LogP contribution in [0.25, 0.3) is 0 Å². The number of aliphatic carboxylic acids is 1. The highest BCUT2D eigenvalue weighted by atomic mass is 16.4. The van der Waals surface area contributed by atoms with E-state index in [1.54, 1.807) is 0 Å². The molecule has 1 heterocycles. The van der Waals surface area contributed by atoms with E-state index in [2.05, 4.69) is 26.1 Å². The van der Waals surface area contributed by atoms with Crippen LogP contribution < -0.4 is 5.32 Å². The molecule has 22 heavy (non-hydrogen) atoms. The Labute approximate surface area is 133 Å². The average Bonchev–Trinajstić information content (AvgIpc) is 2.79. The first-order valence-corrected chi connectivity index (χ1v) is 8.63. The Kier molecular flexibility index (Phi) is 5.35. The van der Waals surface area contributed by atoms with Crippen molar-refractivity contribution in [2.45, 2.75) is 77.3 Å². The molecule has 2 aliphatic rings. The molecule has 5 heteroatoms. The van der Waals surface area contributed by atoms with Crippen LogP contribution in [0.5, 0.6) is 0 Å². The zero-order valence-corrected chi connectivity index (χ0v) is 14.1. The summed E-state index contributed by atoms with van der Waals surface area (Å²) in [5, 5.41) is 12.2. The molecule has 1 saturated heterocycles. The third-order valence-corrected chi connectivity index (χ3v) is 5.25. The molecule has 2 rings (SSSR count). The summed E-state index contributed by atoms with van der Waals surface area (Å²) in [5.74, 6) is -0.357. The number of carboxylic acid groups (broad SMARTS) is 1. The van der Waals surface area contributed by atoms with E-state index in [1.807, 2.05) is 4.90 Å². The Morgan fingerprint density at radius 3 is 2.45 bits per heavy atom. The number of rotatable bonds is 4. The van der Waals surface area contributed by atoms with Crippen LogP contribution in [0.4, 0.5) is 4.79 Å². The molecule has 2 fully saturated rings. The lowest BCUT2D eigenvalue weighted by atomic mass is 9.86. The summed E-state index contributed by atoms with van der Waals surface area (Å²) in [7, 11) is 0. The number of carbonyl (C=O) groups is 2. The van der Waals surface area contributed by atoms with Crippen LogP contribution >= 0.6 is 0 Å². The average molecular weight is 310 g/mol. The molecule has 0 spiro atoms. The lowest BCUT2D eigenvalue weighted by Gasteiger charge is -2.38. The van der Waals surface area contributed by atoms with Crippen molar-refractivity contribution in [3.8, 4) is 0 Å². The molecule has 0 aromatic heterocycles. The van der Waals surface area contributed by atoms with E-state index in [4.69, 9.17) is 5.11 Å². The van der Waals surface area contributed by atoms with Gasteiger partial charge in [-0.3, -0.25) is 4.79 Å². The van der Waals surface area contributed by atoms with Crippen LogP contribution in [0.3, 0.4) is 0 Å². The number of amides is 2. The van der Waals surface area contributed by atoms with E-state index in [0.717, 1.165) is 38.6 Å². The van der Waals surface area contributed by atoms with Gasteiger partial charge in [0.15, 0.2) is 0 Å². The lowest BCUT2D eigenvalue weighted by molar-refractivity contribution is -0.142. The molecule has 1 saturated carbocycles. The van der Waals surface area contributed by atoms with Gasteiger partial charge in [-0.2, -0.15) is 0 Å². The molecule has 1 aliphatic heterocycles. The summed E-state index contributed by atoms with van der Waals surface area (Å²) in [4.78, 5) is 25.6. The predicted octanol–water partition coefficient (Wildman–Crippen LogP) is 3.24. The van der Waals surface area contributed by atoms with E-state index in [1.165, 1.54) is 0 Å². The van der Waals surface area contributed by atoms with Gasteiger partial charge in [0.05, 0.1) is 5.92 Å². The lowest BCUT2D eigenvalue weighted by Crippen LogP contribution is -2.53. The molecular weight excluding hydrogens is 280 g/mol. The van der Waals surface area contributed by atoms with Gasteiger partial charge in [0.25, 0.3) is 0 Å². The van der Waals surface area contributed by atoms with Gasteiger partial charge in [-0.25, -0.2) is 4.79 Å². The van der Waals surface area contributed by atoms with Crippen LogP contribution in [0, 0.1) is 11.8 Å². The number of hydrogen-bond donors (Lipinski definition) is 2. The first-order chi connectivity index (χ1) is 10.3. The SMILES string of the molecule is CC(C)CC1(C)CCCN1C(=O)NC1CCC(C(=O)O)CC1. The number of nitrogens with zero attached hydrogens (tertiary/aromatic N) is 1. The Morgan fingerprint density at radius 2 is 1.91 bits per heavy atom. The molecule has 0 aromatic rings. The normalized spacial score (nSPS) is 32.3. The van der Waals surface area contributed by atoms with Crippen molar-refractivity contribution in [3.05, 3.63) is 0 Å². The third kappa shape index (κ3) is 3.93. The van der Waals surface area contributed by atoms with Gasteiger partial charge in [0.2, 0.25) is 0 Å². The van der Waals surface area contributed by atoms with E-state index < -0.39 is 5.97 Å². The number of likely N-dealkylation sites (tertiary alicyclic amines) is 1. The second-order valence-corrected chi connectivity index (χ2v) is 7.69. The Morgan fingerprint density at radius 1 is 1.27 bits per heavy atom. The highest BCUT2D eigenvalue weighted by Gasteiger charge is 2.40. The second-order valence-electron chi connectivity index (χ2n) is 7.69. The Balaban J connectivity index is 1.88. The molecule has 2 amide bonds. The van der Waals surface area contributed by atoms with Crippen molar-refractivity contribution in [2.75, 3.05) is 6.54 Å². The van der Waals surface area contributed by atoms with Crippen molar-refractivity contribution in [1.82, 2.24) is 10.2 Å². The van der Waals surface area contributed by atoms with Crippen LogP contribution in [-0.2, 0) is 4.79 Å². The minimum atomic E-state index is -0.700. The minimum absolute atomic E-state index is 0.0312. The first kappa shape index (κ1) is 17.1. The molecule has 0 bridgehead atoms. The number of nitrogens with one attached hydrogen (secondary N) is 1. The first-order valence-electron chi connectivity index (χ1n) is 8.63. The predicted molar refractivity (Wildman–Crippen MR) is 85.7 cm³/mol. The third-order valence-electron chi connectivity index (χ3n) is 5.25. The monoisotopic (exact) mass is 310 g/mol. The minimum Gasteiger partial charge on any atom is -0.481 e. The fourth-order valence-corrected chi connectivity index (χ4v) is 4.20. The highest BCUT2D eigenvalue weighted by Crippen LogP contribution is 2.35. The smallest absolute Gasteiger partial charge is 0.318 e. The quantitative estimate of drug-likeness (QED) is 0.837. The summed E-state index contributed by atoms with van der Waals surface area (Å²) in [6.45, 7) is 7.43. The van der Waals surface area contributed by atoms with Gasteiger partial charge in [0, 0.05) is 18.1 Å². The Hall–Kier alpha value is -1.26. The largest absolute Gasteiger partial charge is 0.481 e. The standard InChI is InChI=1S/C17H30N2O3/c1-12(2)11-17(3)9-4-10-19(17)16(22)18-14-7-5-13(6-8-14)15(20)21/h12-14H,4-11H2,1-3H3,(H,18,22)(H,20,21). The maximum Gasteiger partial charge on any atom is 0.318 e. The van der Waals surface area contributed by atoms with Crippen LogP contribution in [-0.4, -0.2) is 40.1 Å². The summed E-state index contributed by atoms with van der Waals surface area (Å²) >= 11 is 0. The molecule has 1 unspecified atom stereocenters. The van der Waals surface area contributed by atoms with Crippen LogP contribution in [0.2, 0.25) is 0 Å². The van der Waals surface area contributed by atoms with Gasteiger partial charge >= 0.3 is 12.0 Å². The molecular formula is C17H30N2O3. The van der Waals surface area contributed by atoms with E-state index in [9.17, 15) is 9.59 Å². The summed E-state index contributed by atoms with van der Waals surface area (Å²) in [6.07, 6.45) is 6.07. The maximum absolute atomic E-state index is 12.6. The van der Waals surface area contributed by atoms with Gasteiger partial charge in [-0.05, 0) is 57.8 Å². The van der Waals surface area contributed by atoms with E-state index >= 15 is 0 Å². The summed E-state index contributed by atoms with van der Waals surface area (Å²) in [6, 6.07) is 0.173. The zero-order valence-electron chi connectivity index (χ0n) is 14.1. The van der Waals surface area contributed by atoms with Crippen molar-refractivity contribution >= 4 is 12.0 Å². The topological polar surface area (TPSA) is 69.6 Å². The number of hydrogen-bond acceptors (Lipinski definition) is 2. The molecule has 2 N–H and O–H groups in total. The van der Waals surface area contributed by atoms with Gasteiger partial charge in [-0.1, -0.05) is 13.8 Å². The fraction of sp³-hybridized carbons (Fsp3) is 0.882. The van der Waals surface area contributed by atoms with E-state index in [-0.39, 0.29) is 23.5 Å². The number of carbonyl (C=O) groups excluding carboxylic acids is 1. The van der Waals surface area contributed by atoms with E-state index in [0.29, 0.717) is 18.8 Å².